The number of nitriles is 1. The highest BCUT2D eigenvalue weighted by Gasteiger charge is 2.51. The lowest BCUT2D eigenvalue weighted by molar-refractivity contribution is -0.149. The van der Waals surface area contributed by atoms with Crippen molar-refractivity contribution in [3.05, 3.63) is 29.3 Å². The molecule has 3 aliphatic heterocycles. The minimum absolute atomic E-state index is 0.0827. The van der Waals surface area contributed by atoms with E-state index in [1.165, 1.54) is 4.90 Å². The molecule has 13 heteroatoms. The fourth-order valence-electron chi connectivity index (χ4n) is 4.93. The van der Waals surface area contributed by atoms with Gasteiger partial charge in [-0.2, -0.15) is 18.4 Å². The highest BCUT2D eigenvalue weighted by atomic mass is 19.4. The molecule has 8 nitrogen and oxygen atoms in total. The van der Waals surface area contributed by atoms with Crippen molar-refractivity contribution in [2.75, 3.05) is 18.0 Å². The molecule has 0 spiro atoms. The minimum atomic E-state index is -4.72. The molecule has 0 bridgehead atoms. The fraction of sp³-hybridized carbons (Fsp3) is 0.565. The monoisotopic (exact) mass is 511 g/mol. The Labute approximate surface area is 204 Å². The number of halogens is 5. The maximum atomic E-state index is 14.9. The summed E-state index contributed by atoms with van der Waals surface area (Å²) in [6.07, 6.45) is -3.48. The molecule has 3 heterocycles. The van der Waals surface area contributed by atoms with Crippen LogP contribution < -0.4 is 21.1 Å². The van der Waals surface area contributed by atoms with Gasteiger partial charge in [0.1, 0.15) is 23.8 Å². The molecule has 36 heavy (non-hydrogen) atoms. The van der Waals surface area contributed by atoms with Crippen molar-refractivity contribution >= 4 is 23.5 Å². The zero-order valence-electron chi connectivity index (χ0n) is 19.8. The zero-order chi connectivity index (χ0) is 26.4. The molecule has 194 valence electrons. The highest BCUT2D eigenvalue weighted by Crippen LogP contribution is 2.44. The predicted octanol–water partition coefficient (Wildman–Crippen LogP) is 2.72. The molecular formula is C23H26F5N7O. The SMILES string of the molecule is CC1NNC(C)C1C1=NC(C2(CC#N)CN(c3cc(F)c(C(=O)N[C@@H](C)C(F)(F)F)cc3F)C2)N=C1. The number of hydrogen-bond acceptors (Lipinski definition) is 7. The van der Waals surface area contributed by atoms with Gasteiger partial charge in [0.25, 0.3) is 5.91 Å². The minimum Gasteiger partial charge on any atom is -0.367 e. The van der Waals surface area contributed by atoms with Crippen molar-refractivity contribution in [2.24, 2.45) is 21.3 Å². The number of amides is 1. The van der Waals surface area contributed by atoms with Crippen LogP contribution in [0.1, 0.15) is 37.6 Å². The smallest absolute Gasteiger partial charge is 0.367 e. The molecule has 0 radical (unpaired) electrons. The van der Waals surface area contributed by atoms with Crippen LogP contribution in [0.15, 0.2) is 22.1 Å². The zero-order valence-corrected chi connectivity index (χ0v) is 19.8. The lowest BCUT2D eigenvalue weighted by atomic mass is 9.74. The van der Waals surface area contributed by atoms with Gasteiger partial charge < -0.3 is 10.2 Å². The van der Waals surface area contributed by atoms with Crippen LogP contribution >= 0.6 is 0 Å². The molecule has 1 aromatic carbocycles. The van der Waals surface area contributed by atoms with E-state index in [0.29, 0.717) is 13.0 Å². The maximum absolute atomic E-state index is 14.9. The Kier molecular flexibility index (Phi) is 6.78. The van der Waals surface area contributed by atoms with Gasteiger partial charge in [-0.1, -0.05) is 0 Å². The van der Waals surface area contributed by atoms with Crippen molar-refractivity contribution in [3.8, 4) is 6.07 Å². The summed E-state index contributed by atoms with van der Waals surface area (Å²) in [5.74, 6) is -3.40. The molecule has 2 saturated heterocycles. The van der Waals surface area contributed by atoms with Gasteiger partial charge in [0.05, 0.1) is 28.4 Å². The van der Waals surface area contributed by atoms with Crippen LogP contribution in [0.5, 0.6) is 0 Å². The van der Waals surface area contributed by atoms with E-state index in [9.17, 15) is 32.0 Å². The standard InChI is InChI=1S/C23H26F5N7O/c1-11-19(12(2)34-33-11)17-8-30-21(32-17)22(4-5-29)9-35(10-22)18-7-15(24)14(6-16(18)25)20(36)31-13(3)23(26,27)28/h6-8,11-13,19,21,33-34H,4,9-10H2,1-3H3,(H,31,36)/t11?,12?,13-,19?,21?/m0/s1. The second kappa shape index (κ2) is 9.40. The summed E-state index contributed by atoms with van der Waals surface area (Å²) in [5.41, 5.74) is 5.43. The summed E-state index contributed by atoms with van der Waals surface area (Å²) in [6.45, 7) is 5.07. The number of nitrogens with one attached hydrogen (secondary N) is 3. The summed E-state index contributed by atoms with van der Waals surface area (Å²) in [5, 5.41) is 11.0. The number of benzene rings is 1. The summed E-state index contributed by atoms with van der Waals surface area (Å²) in [4.78, 5) is 22.9. The third-order valence-corrected chi connectivity index (χ3v) is 7.03. The fourth-order valence-corrected chi connectivity index (χ4v) is 4.93. The molecule has 4 rings (SSSR count). The van der Waals surface area contributed by atoms with Gasteiger partial charge in [-0.05, 0) is 26.8 Å². The van der Waals surface area contributed by atoms with Crippen LogP contribution in [0.4, 0.5) is 27.6 Å². The van der Waals surface area contributed by atoms with Crippen LogP contribution in [-0.4, -0.2) is 61.4 Å². The molecule has 4 atom stereocenters. The lowest BCUT2D eigenvalue weighted by Gasteiger charge is -2.51. The molecule has 3 aliphatic rings. The first-order chi connectivity index (χ1) is 16.9. The van der Waals surface area contributed by atoms with E-state index in [-0.39, 0.29) is 43.2 Å². The van der Waals surface area contributed by atoms with Gasteiger partial charge in [-0.15, -0.1) is 0 Å². The molecule has 2 fully saturated rings. The number of hydrazine groups is 1. The Bertz CT molecular complexity index is 1130. The Morgan fingerprint density at radius 2 is 1.89 bits per heavy atom. The first-order valence-corrected chi connectivity index (χ1v) is 11.5. The topological polar surface area (TPSA) is 105 Å². The Morgan fingerprint density at radius 1 is 1.25 bits per heavy atom. The maximum Gasteiger partial charge on any atom is 0.408 e. The van der Waals surface area contributed by atoms with Crippen molar-refractivity contribution in [3.63, 3.8) is 0 Å². The summed E-state index contributed by atoms with van der Waals surface area (Å²) < 4.78 is 67.6. The van der Waals surface area contributed by atoms with E-state index in [0.717, 1.165) is 11.8 Å². The average Bonchev–Trinajstić information content (AvgIpc) is 3.37. The number of carbonyl (C=O) groups excluding carboxylic acids is 1. The third kappa shape index (κ3) is 4.67. The quantitative estimate of drug-likeness (QED) is 0.510. The molecule has 0 saturated carbocycles. The number of anilines is 1. The number of nitrogens with zero attached hydrogens (tertiary/aromatic N) is 4. The number of carbonyl (C=O) groups is 1. The van der Waals surface area contributed by atoms with Crippen molar-refractivity contribution in [2.45, 2.75) is 57.7 Å². The van der Waals surface area contributed by atoms with E-state index < -0.39 is 46.9 Å². The van der Waals surface area contributed by atoms with E-state index >= 15 is 0 Å². The summed E-state index contributed by atoms with van der Waals surface area (Å²) in [7, 11) is 0. The number of aliphatic imine (C=N–C) groups is 2. The summed E-state index contributed by atoms with van der Waals surface area (Å²) >= 11 is 0. The second-order valence-corrected chi connectivity index (χ2v) is 9.67. The number of alkyl halides is 3. The van der Waals surface area contributed by atoms with Gasteiger partial charge in [-0.25, -0.2) is 8.78 Å². The molecule has 0 aliphatic carbocycles. The Balaban J connectivity index is 1.50. The molecular weight excluding hydrogens is 485 g/mol. The van der Waals surface area contributed by atoms with Crippen LogP contribution in [0.3, 0.4) is 0 Å². The first-order valence-electron chi connectivity index (χ1n) is 11.5. The molecule has 1 aromatic rings. The summed E-state index contributed by atoms with van der Waals surface area (Å²) in [6, 6.07) is 1.52. The van der Waals surface area contributed by atoms with E-state index in [1.807, 2.05) is 13.8 Å². The highest BCUT2D eigenvalue weighted by molar-refractivity contribution is 6.33. The number of hydrogen-bond donors (Lipinski definition) is 3. The lowest BCUT2D eigenvalue weighted by Crippen LogP contribution is -2.61. The van der Waals surface area contributed by atoms with E-state index in [1.54, 1.807) is 11.5 Å². The molecule has 3 N–H and O–H groups in total. The molecule has 3 unspecified atom stereocenters. The average molecular weight is 511 g/mol. The van der Waals surface area contributed by atoms with Crippen LogP contribution in [-0.2, 0) is 0 Å². The van der Waals surface area contributed by atoms with Crippen molar-refractivity contribution < 1.29 is 26.7 Å². The Hall–Kier alpha value is -3.11. The van der Waals surface area contributed by atoms with Crippen LogP contribution in [0.25, 0.3) is 0 Å². The van der Waals surface area contributed by atoms with Gasteiger partial charge in [-0.3, -0.25) is 25.6 Å². The molecule has 1 amide bonds. The number of rotatable bonds is 6. The van der Waals surface area contributed by atoms with Crippen LogP contribution in [0, 0.1) is 34.3 Å². The van der Waals surface area contributed by atoms with Gasteiger partial charge >= 0.3 is 6.18 Å². The second-order valence-electron chi connectivity index (χ2n) is 9.67. The third-order valence-electron chi connectivity index (χ3n) is 7.03. The van der Waals surface area contributed by atoms with Gasteiger partial charge in [0.15, 0.2) is 0 Å². The first kappa shape index (κ1) is 26.0. The van der Waals surface area contributed by atoms with Gasteiger partial charge in [0.2, 0.25) is 0 Å². The van der Waals surface area contributed by atoms with E-state index in [4.69, 9.17) is 4.99 Å². The van der Waals surface area contributed by atoms with E-state index in [2.05, 4.69) is 21.9 Å². The van der Waals surface area contributed by atoms with Crippen LogP contribution in [0.2, 0.25) is 0 Å². The largest absolute Gasteiger partial charge is 0.408 e. The Morgan fingerprint density at radius 3 is 2.47 bits per heavy atom. The normalized spacial score (nSPS) is 27.9. The van der Waals surface area contributed by atoms with Crippen molar-refractivity contribution in [1.82, 2.24) is 16.2 Å². The predicted molar refractivity (Wildman–Crippen MR) is 123 cm³/mol. The van der Waals surface area contributed by atoms with Crippen molar-refractivity contribution in [1.29, 1.82) is 5.26 Å². The molecule has 0 aromatic heterocycles. The van der Waals surface area contributed by atoms with Gasteiger partial charge in [0, 0.05) is 49.8 Å².